The molecule has 0 aromatic heterocycles. The van der Waals surface area contributed by atoms with Crippen molar-refractivity contribution in [2.45, 2.75) is 33.2 Å². The number of hydrogen-bond donors (Lipinski definition) is 1. The summed E-state index contributed by atoms with van der Waals surface area (Å²) >= 11 is 0. The van der Waals surface area contributed by atoms with Gasteiger partial charge < -0.3 is 0 Å². The highest BCUT2D eigenvalue weighted by molar-refractivity contribution is 5.64. The molecule has 0 saturated heterocycles. The second-order valence-electron chi connectivity index (χ2n) is 3.01. The van der Waals surface area contributed by atoms with Crippen LogP contribution in [0.4, 0.5) is 0 Å². The van der Waals surface area contributed by atoms with Gasteiger partial charge in [0.25, 0.3) is 0 Å². The molecule has 0 aliphatic heterocycles. The van der Waals surface area contributed by atoms with E-state index in [1.165, 1.54) is 0 Å². The maximum atomic E-state index is 6.78. The molecular formula is C8H17N3. The van der Waals surface area contributed by atoms with Crippen LogP contribution in [0.2, 0.25) is 0 Å². The second-order valence-corrected chi connectivity index (χ2v) is 3.01. The zero-order valence-corrected chi connectivity index (χ0v) is 7.54. The van der Waals surface area contributed by atoms with E-state index < -0.39 is 0 Å². The van der Waals surface area contributed by atoms with Crippen molar-refractivity contribution in [3.05, 3.63) is 0 Å². The van der Waals surface area contributed by atoms with Crippen LogP contribution in [0.25, 0.3) is 0 Å². The first-order valence-electron chi connectivity index (χ1n) is 4.07. The van der Waals surface area contributed by atoms with Crippen LogP contribution in [-0.4, -0.2) is 18.8 Å². The van der Waals surface area contributed by atoms with E-state index in [2.05, 4.69) is 24.0 Å². The summed E-state index contributed by atoms with van der Waals surface area (Å²) in [5.74, 6) is 0.592. The van der Waals surface area contributed by atoms with E-state index in [1.807, 2.05) is 6.92 Å². The van der Waals surface area contributed by atoms with Crippen molar-refractivity contribution in [2.75, 3.05) is 6.54 Å². The smallest absolute Gasteiger partial charge is 0.105 e. The van der Waals surface area contributed by atoms with E-state index in [-0.39, 0.29) is 6.04 Å². The predicted molar refractivity (Wildman–Crippen MR) is 47.4 cm³/mol. The molecule has 0 aromatic carbocycles. The fraction of sp³-hybridized carbons (Fsp3) is 0.875. The van der Waals surface area contributed by atoms with Gasteiger partial charge in [0.05, 0.1) is 0 Å². The number of nitrogens with zero attached hydrogens (tertiary/aromatic N) is 2. The van der Waals surface area contributed by atoms with Gasteiger partial charge in [-0.15, -0.1) is 0 Å². The van der Waals surface area contributed by atoms with Crippen molar-refractivity contribution in [3.63, 3.8) is 0 Å². The fourth-order valence-electron chi connectivity index (χ4n) is 0.623. The molecule has 0 aromatic rings. The average molecular weight is 155 g/mol. The Morgan fingerprint density at radius 3 is 2.45 bits per heavy atom. The van der Waals surface area contributed by atoms with Crippen LogP contribution >= 0.6 is 0 Å². The van der Waals surface area contributed by atoms with Gasteiger partial charge in [-0.2, -0.15) is 5.11 Å². The van der Waals surface area contributed by atoms with Crippen LogP contribution in [0.1, 0.15) is 27.2 Å². The van der Waals surface area contributed by atoms with Crippen LogP contribution in [0, 0.1) is 11.4 Å². The van der Waals surface area contributed by atoms with Gasteiger partial charge in [0.1, 0.15) is 6.04 Å². The summed E-state index contributed by atoms with van der Waals surface area (Å²) in [7, 11) is 0. The molecule has 0 amide bonds. The molecule has 0 rings (SSSR count). The molecule has 0 heterocycles. The van der Waals surface area contributed by atoms with E-state index in [9.17, 15) is 0 Å². The van der Waals surface area contributed by atoms with Crippen molar-refractivity contribution in [1.29, 1.82) is 5.53 Å². The lowest BCUT2D eigenvalue weighted by atomic mass is 10.2. The summed E-state index contributed by atoms with van der Waals surface area (Å²) in [4.78, 5) is 4.17. The first kappa shape index (κ1) is 10.3. The lowest BCUT2D eigenvalue weighted by Gasteiger charge is -2.00. The molecule has 3 nitrogen and oxygen atoms in total. The van der Waals surface area contributed by atoms with Crippen molar-refractivity contribution in [3.8, 4) is 0 Å². The van der Waals surface area contributed by atoms with Gasteiger partial charge in [0.15, 0.2) is 0 Å². The number of nitrogens with one attached hydrogen (secondary N) is 1. The minimum absolute atomic E-state index is 0.00579. The van der Waals surface area contributed by atoms with Crippen molar-refractivity contribution in [1.82, 2.24) is 0 Å². The lowest BCUT2D eigenvalue weighted by molar-refractivity contribution is 0.661. The molecule has 0 aliphatic carbocycles. The Hall–Kier alpha value is -0.730. The molecule has 1 atom stereocenters. The first-order chi connectivity index (χ1) is 5.20. The highest BCUT2D eigenvalue weighted by Crippen LogP contribution is 1.95. The Morgan fingerprint density at radius 2 is 2.09 bits per heavy atom. The van der Waals surface area contributed by atoms with Gasteiger partial charge in [-0.1, -0.05) is 20.8 Å². The normalized spacial score (nSPS) is 14.2. The maximum Gasteiger partial charge on any atom is 0.105 e. The number of aliphatic imine (C=N–C) groups is 1. The summed E-state index contributed by atoms with van der Waals surface area (Å²) in [5, 5.41) is 3.40. The Bertz CT molecular complexity index is 129. The number of hydrogen-bond acceptors (Lipinski definition) is 3. The van der Waals surface area contributed by atoms with Crippen molar-refractivity contribution >= 4 is 6.21 Å². The molecular weight excluding hydrogens is 138 g/mol. The van der Waals surface area contributed by atoms with Gasteiger partial charge in [-0.3, -0.25) is 4.99 Å². The highest BCUT2D eigenvalue weighted by atomic mass is 15.0. The molecule has 0 saturated carbocycles. The molecule has 0 spiro atoms. The standard InChI is InChI=1S/C8H17N3/c1-4-8(11-9)6-10-5-7(2)3/h6-9H,4-5H2,1-3H3. The average Bonchev–Trinajstić information content (AvgIpc) is 1.98. The second kappa shape index (κ2) is 6.01. The predicted octanol–water partition coefficient (Wildman–Crippen LogP) is 2.52. The van der Waals surface area contributed by atoms with Crippen molar-refractivity contribution in [2.24, 2.45) is 16.0 Å². The van der Waals surface area contributed by atoms with Crippen LogP contribution in [-0.2, 0) is 0 Å². The molecule has 11 heavy (non-hydrogen) atoms. The third-order valence-electron chi connectivity index (χ3n) is 1.33. The Kier molecular flexibility index (Phi) is 5.61. The quantitative estimate of drug-likeness (QED) is 0.468. The minimum Gasteiger partial charge on any atom is -0.295 e. The zero-order chi connectivity index (χ0) is 8.69. The Labute approximate surface area is 68.4 Å². The number of rotatable bonds is 5. The van der Waals surface area contributed by atoms with Crippen LogP contribution in [0.5, 0.6) is 0 Å². The molecule has 0 radical (unpaired) electrons. The lowest BCUT2D eigenvalue weighted by Crippen LogP contribution is -2.04. The molecule has 1 N–H and O–H groups in total. The molecule has 0 fully saturated rings. The van der Waals surface area contributed by atoms with E-state index in [0.29, 0.717) is 5.92 Å². The molecule has 64 valence electrons. The summed E-state index contributed by atoms with van der Waals surface area (Å²) in [6, 6.07) is -0.00579. The fourth-order valence-corrected chi connectivity index (χ4v) is 0.623. The monoisotopic (exact) mass is 155 g/mol. The van der Waals surface area contributed by atoms with E-state index in [4.69, 9.17) is 5.53 Å². The van der Waals surface area contributed by atoms with Crippen molar-refractivity contribution < 1.29 is 0 Å². The SMILES string of the molecule is CCC(C=NCC(C)C)N=N. The summed E-state index contributed by atoms with van der Waals surface area (Å²) in [5.41, 5.74) is 6.78. The van der Waals surface area contributed by atoms with Crippen LogP contribution in [0.15, 0.2) is 10.1 Å². The third kappa shape index (κ3) is 5.70. The third-order valence-corrected chi connectivity index (χ3v) is 1.33. The Balaban J connectivity index is 3.61. The van der Waals surface area contributed by atoms with Gasteiger partial charge in [0, 0.05) is 12.8 Å². The largest absolute Gasteiger partial charge is 0.295 e. The van der Waals surface area contributed by atoms with Gasteiger partial charge >= 0.3 is 0 Å². The maximum absolute atomic E-state index is 6.78. The first-order valence-corrected chi connectivity index (χ1v) is 4.07. The van der Waals surface area contributed by atoms with Crippen LogP contribution < -0.4 is 0 Å². The minimum atomic E-state index is -0.00579. The van der Waals surface area contributed by atoms with Crippen LogP contribution in [0.3, 0.4) is 0 Å². The molecule has 0 bridgehead atoms. The van der Waals surface area contributed by atoms with E-state index in [1.54, 1.807) is 6.21 Å². The van der Waals surface area contributed by atoms with Gasteiger partial charge in [-0.05, 0) is 12.3 Å². The zero-order valence-electron chi connectivity index (χ0n) is 7.54. The summed E-state index contributed by atoms with van der Waals surface area (Å²) in [6.07, 6.45) is 2.64. The Morgan fingerprint density at radius 1 is 1.45 bits per heavy atom. The van der Waals surface area contributed by atoms with Gasteiger partial charge in [-0.25, -0.2) is 5.53 Å². The molecule has 3 heteroatoms. The van der Waals surface area contributed by atoms with E-state index >= 15 is 0 Å². The van der Waals surface area contributed by atoms with Gasteiger partial charge in [0.2, 0.25) is 0 Å². The summed E-state index contributed by atoms with van der Waals surface area (Å²) in [6.45, 7) is 7.09. The van der Waals surface area contributed by atoms with E-state index in [0.717, 1.165) is 13.0 Å². The topological polar surface area (TPSA) is 48.6 Å². The molecule has 0 aliphatic rings. The summed E-state index contributed by atoms with van der Waals surface area (Å²) < 4.78 is 0. The highest BCUT2D eigenvalue weighted by Gasteiger charge is 1.97. The molecule has 1 unspecified atom stereocenters.